The van der Waals surface area contributed by atoms with Crippen molar-refractivity contribution >= 4 is 29.3 Å². The largest absolute Gasteiger partial charge is 0.464 e. The van der Waals surface area contributed by atoms with E-state index < -0.39 is 11.4 Å². The SMILES string of the molecule is O=C(Oc1coc(CSc2ncccn2)cc1=O)c1ccccc1Cl. The third kappa shape index (κ3) is 4.46. The number of carbonyl (C=O) groups is 1. The van der Waals surface area contributed by atoms with Gasteiger partial charge < -0.3 is 9.15 Å². The van der Waals surface area contributed by atoms with Crippen molar-refractivity contribution in [2.24, 2.45) is 0 Å². The first-order valence-corrected chi connectivity index (χ1v) is 8.48. The molecular weight excluding hydrogens is 364 g/mol. The van der Waals surface area contributed by atoms with Gasteiger partial charge in [0.1, 0.15) is 12.0 Å². The number of benzene rings is 1. The number of nitrogens with zero attached hydrogens (tertiary/aromatic N) is 2. The first kappa shape index (κ1) is 17.2. The lowest BCUT2D eigenvalue weighted by molar-refractivity contribution is 0.0729. The standard InChI is InChI=1S/C17H11ClN2O4S/c18-13-5-2-1-4-12(13)16(22)24-15-9-23-11(8-14(15)21)10-25-17-19-6-3-7-20-17/h1-9H,10H2. The van der Waals surface area contributed by atoms with Crippen LogP contribution in [0, 0.1) is 0 Å². The lowest BCUT2D eigenvalue weighted by Crippen LogP contribution is -2.15. The lowest BCUT2D eigenvalue weighted by Gasteiger charge is -2.05. The van der Waals surface area contributed by atoms with Gasteiger partial charge in [-0.3, -0.25) is 4.79 Å². The van der Waals surface area contributed by atoms with E-state index >= 15 is 0 Å². The van der Waals surface area contributed by atoms with Gasteiger partial charge in [0.2, 0.25) is 11.2 Å². The zero-order valence-corrected chi connectivity index (χ0v) is 14.3. The first-order valence-electron chi connectivity index (χ1n) is 7.12. The Morgan fingerprint density at radius 1 is 1.20 bits per heavy atom. The minimum atomic E-state index is -0.724. The highest BCUT2D eigenvalue weighted by atomic mass is 35.5. The minimum Gasteiger partial charge on any atom is -0.464 e. The van der Waals surface area contributed by atoms with Crippen molar-refractivity contribution in [1.82, 2.24) is 9.97 Å². The average Bonchev–Trinajstić information content (AvgIpc) is 2.63. The van der Waals surface area contributed by atoms with E-state index in [0.717, 1.165) is 6.26 Å². The quantitative estimate of drug-likeness (QED) is 0.383. The van der Waals surface area contributed by atoms with Crippen LogP contribution in [0.3, 0.4) is 0 Å². The highest BCUT2D eigenvalue weighted by Crippen LogP contribution is 2.20. The molecule has 0 N–H and O–H groups in total. The molecule has 0 bridgehead atoms. The summed E-state index contributed by atoms with van der Waals surface area (Å²) >= 11 is 7.25. The number of ether oxygens (including phenoxy) is 1. The van der Waals surface area contributed by atoms with E-state index in [1.54, 1.807) is 36.7 Å². The van der Waals surface area contributed by atoms with Crippen molar-refractivity contribution < 1.29 is 13.9 Å². The zero-order chi connectivity index (χ0) is 17.6. The van der Waals surface area contributed by atoms with Crippen LogP contribution in [0.5, 0.6) is 5.75 Å². The molecule has 0 radical (unpaired) electrons. The molecule has 0 aliphatic heterocycles. The predicted octanol–water partition coefficient (Wildman–Crippen LogP) is 3.59. The molecular formula is C17H11ClN2O4S. The van der Waals surface area contributed by atoms with Gasteiger partial charge in [0, 0.05) is 18.5 Å². The van der Waals surface area contributed by atoms with Gasteiger partial charge in [0.25, 0.3) is 0 Å². The second-order valence-electron chi connectivity index (χ2n) is 4.76. The molecule has 3 rings (SSSR count). The highest BCUT2D eigenvalue weighted by Gasteiger charge is 2.15. The smallest absolute Gasteiger partial charge is 0.345 e. The number of carbonyl (C=O) groups excluding carboxylic acids is 1. The molecule has 8 heteroatoms. The Morgan fingerprint density at radius 3 is 2.68 bits per heavy atom. The van der Waals surface area contributed by atoms with Crippen LogP contribution in [-0.4, -0.2) is 15.9 Å². The van der Waals surface area contributed by atoms with Gasteiger partial charge >= 0.3 is 5.97 Å². The summed E-state index contributed by atoms with van der Waals surface area (Å²) in [7, 11) is 0. The van der Waals surface area contributed by atoms with Crippen LogP contribution in [0.1, 0.15) is 16.1 Å². The molecule has 0 aliphatic carbocycles. The summed E-state index contributed by atoms with van der Waals surface area (Å²) in [4.78, 5) is 32.3. The number of thioether (sulfide) groups is 1. The molecule has 126 valence electrons. The number of esters is 1. The number of hydrogen-bond acceptors (Lipinski definition) is 7. The van der Waals surface area contributed by atoms with E-state index in [4.69, 9.17) is 20.8 Å². The third-order valence-electron chi connectivity index (χ3n) is 3.03. The number of hydrogen-bond donors (Lipinski definition) is 0. The van der Waals surface area contributed by atoms with Crippen LogP contribution in [0.4, 0.5) is 0 Å². The van der Waals surface area contributed by atoms with Crippen molar-refractivity contribution in [2.75, 3.05) is 0 Å². The van der Waals surface area contributed by atoms with E-state index in [-0.39, 0.29) is 16.3 Å². The van der Waals surface area contributed by atoms with E-state index in [2.05, 4.69) is 9.97 Å². The maximum Gasteiger partial charge on any atom is 0.345 e. The normalized spacial score (nSPS) is 10.4. The summed E-state index contributed by atoms with van der Waals surface area (Å²) in [6, 6.07) is 9.40. The van der Waals surface area contributed by atoms with Crippen LogP contribution in [0.2, 0.25) is 5.02 Å². The molecule has 0 spiro atoms. The Bertz CT molecular complexity index is 947. The van der Waals surface area contributed by atoms with Crippen molar-refractivity contribution in [2.45, 2.75) is 10.9 Å². The van der Waals surface area contributed by atoms with Gasteiger partial charge in [-0.25, -0.2) is 14.8 Å². The van der Waals surface area contributed by atoms with Crippen molar-refractivity contribution in [1.29, 1.82) is 0 Å². The van der Waals surface area contributed by atoms with E-state index in [1.165, 1.54) is 23.9 Å². The summed E-state index contributed by atoms with van der Waals surface area (Å²) < 4.78 is 10.4. The summed E-state index contributed by atoms with van der Waals surface area (Å²) in [6.07, 6.45) is 4.37. The maximum absolute atomic E-state index is 12.1. The maximum atomic E-state index is 12.1. The first-order chi connectivity index (χ1) is 12.1. The van der Waals surface area contributed by atoms with Crippen LogP contribution in [0.25, 0.3) is 0 Å². The Kier molecular flexibility index (Phi) is 5.47. The molecule has 6 nitrogen and oxygen atoms in total. The van der Waals surface area contributed by atoms with Gasteiger partial charge in [-0.15, -0.1) is 0 Å². The van der Waals surface area contributed by atoms with Gasteiger partial charge in [-0.2, -0.15) is 0 Å². The molecule has 2 heterocycles. The number of rotatable bonds is 5. The van der Waals surface area contributed by atoms with Crippen LogP contribution >= 0.6 is 23.4 Å². The second kappa shape index (κ2) is 7.96. The molecule has 25 heavy (non-hydrogen) atoms. The summed E-state index contributed by atoms with van der Waals surface area (Å²) in [5.41, 5.74) is -0.291. The van der Waals surface area contributed by atoms with Crippen LogP contribution in [0.15, 0.2) is 69.4 Å². The molecule has 0 saturated heterocycles. The van der Waals surface area contributed by atoms with Crippen LogP contribution in [-0.2, 0) is 5.75 Å². The van der Waals surface area contributed by atoms with Gasteiger partial charge in [0.05, 0.1) is 16.3 Å². The predicted molar refractivity (Wildman–Crippen MR) is 93.0 cm³/mol. The Labute approximate surface area is 151 Å². The molecule has 1 aromatic carbocycles. The van der Waals surface area contributed by atoms with Crippen molar-refractivity contribution in [3.63, 3.8) is 0 Å². The van der Waals surface area contributed by atoms with Crippen molar-refractivity contribution in [3.8, 4) is 5.75 Å². The van der Waals surface area contributed by atoms with E-state index in [1.807, 2.05) is 0 Å². The summed E-state index contributed by atoms with van der Waals surface area (Å²) in [5, 5.41) is 0.812. The molecule has 0 amide bonds. The fourth-order valence-electron chi connectivity index (χ4n) is 1.87. The third-order valence-corrected chi connectivity index (χ3v) is 4.26. The molecule has 2 aromatic heterocycles. The van der Waals surface area contributed by atoms with Gasteiger partial charge in [0.15, 0.2) is 5.16 Å². The molecule has 0 saturated carbocycles. The fraction of sp³-hybridized carbons (Fsp3) is 0.0588. The van der Waals surface area contributed by atoms with Crippen molar-refractivity contribution in [3.05, 3.63) is 81.6 Å². The molecule has 0 fully saturated rings. The fourth-order valence-corrected chi connectivity index (χ4v) is 2.77. The zero-order valence-electron chi connectivity index (χ0n) is 12.7. The highest BCUT2D eigenvalue weighted by molar-refractivity contribution is 7.98. The summed E-state index contributed by atoms with van der Waals surface area (Å²) in [6.45, 7) is 0. The average molecular weight is 375 g/mol. The molecule has 0 atom stereocenters. The van der Waals surface area contributed by atoms with E-state index in [0.29, 0.717) is 16.7 Å². The monoisotopic (exact) mass is 374 g/mol. The topological polar surface area (TPSA) is 82.3 Å². The second-order valence-corrected chi connectivity index (χ2v) is 6.11. The lowest BCUT2D eigenvalue weighted by atomic mass is 10.2. The minimum absolute atomic E-state index is 0.171. The Morgan fingerprint density at radius 2 is 1.96 bits per heavy atom. The molecule has 0 aliphatic rings. The number of halogens is 1. The Hall–Kier alpha value is -2.64. The number of aromatic nitrogens is 2. The molecule has 0 unspecified atom stereocenters. The van der Waals surface area contributed by atoms with Gasteiger partial charge in [-0.1, -0.05) is 35.5 Å². The van der Waals surface area contributed by atoms with E-state index in [9.17, 15) is 9.59 Å². The Balaban J connectivity index is 1.69. The molecule has 3 aromatic rings. The van der Waals surface area contributed by atoms with Gasteiger partial charge in [-0.05, 0) is 18.2 Å². The van der Waals surface area contributed by atoms with Crippen LogP contribution < -0.4 is 10.2 Å². The summed E-state index contributed by atoms with van der Waals surface area (Å²) in [5.74, 6) is -0.134.